The third-order valence-corrected chi connectivity index (χ3v) is 4.13. The van der Waals surface area contributed by atoms with E-state index in [0.29, 0.717) is 26.1 Å². The van der Waals surface area contributed by atoms with Crippen LogP contribution in [0.2, 0.25) is 0 Å². The predicted molar refractivity (Wildman–Crippen MR) is 84.1 cm³/mol. The molecule has 1 fully saturated rings. The number of aliphatic hydroxyl groups excluding tert-OH is 1. The highest BCUT2D eigenvalue weighted by atomic mass is 16.3. The van der Waals surface area contributed by atoms with Gasteiger partial charge in [-0.3, -0.25) is 9.59 Å². The van der Waals surface area contributed by atoms with E-state index in [1.54, 1.807) is 4.90 Å². The number of likely N-dealkylation sites (tertiary alicyclic amines) is 1. The summed E-state index contributed by atoms with van der Waals surface area (Å²) in [6, 6.07) is 7.72. The summed E-state index contributed by atoms with van der Waals surface area (Å²) in [5.41, 5.74) is 2.02. The molecule has 2 N–H and O–H groups in total. The molecule has 1 unspecified atom stereocenters. The summed E-state index contributed by atoms with van der Waals surface area (Å²) in [5, 5.41) is 11.9. The number of aliphatic hydroxyl groups is 1. The fourth-order valence-corrected chi connectivity index (χ4v) is 2.71. The molecule has 2 amide bonds. The van der Waals surface area contributed by atoms with Crippen molar-refractivity contribution in [3.8, 4) is 0 Å². The number of hydrogen-bond acceptors (Lipinski definition) is 3. The lowest BCUT2D eigenvalue weighted by Gasteiger charge is -2.15. The van der Waals surface area contributed by atoms with Gasteiger partial charge in [0.25, 0.3) is 0 Å². The molecule has 1 aliphatic rings. The van der Waals surface area contributed by atoms with E-state index >= 15 is 0 Å². The molecule has 2 rings (SSSR count). The largest absolute Gasteiger partial charge is 0.392 e. The minimum atomic E-state index is -0.0766. The van der Waals surface area contributed by atoms with Gasteiger partial charge in [0.1, 0.15) is 0 Å². The SMILES string of the molecule is CCC(=O)N1CCC(C(=O)NCCc2ccc(CO)cc2)C1. The molecule has 0 radical (unpaired) electrons. The lowest BCUT2D eigenvalue weighted by atomic mass is 10.1. The van der Waals surface area contributed by atoms with Crippen LogP contribution in [0, 0.1) is 5.92 Å². The molecule has 120 valence electrons. The first-order valence-corrected chi connectivity index (χ1v) is 7.88. The quantitative estimate of drug-likeness (QED) is 0.827. The fraction of sp³-hybridized carbons (Fsp3) is 0.529. The number of benzene rings is 1. The molecule has 0 aromatic heterocycles. The van der Waals surface area contributed by atoms with Crippen LogP contribution in [0.25, 0.3) is 0 Å². The van der Waals surface area contributed by atoms with Gasteiger partial charge in [0.15, 0.2) is 0 Å². The van der Waals surface area contributed by atoms with E-state index in [1.807, 2.05) is 31.2 Å². The van der Waals surface area contributed by atoms with E-state index in [-0.39, 0.29) is 24.3 Å². The van der Waals surface area contributed by atoms with Crippen molar-refractivity contribution in [2.45, 2.75) is 32.8 Å². The van der Waals surface area contributed by atoms with E-state index < -0.39 is 0 Å². The van der Waals surface area contributed by atoms with Crippen molar-refractivity contribution < 1.29 is 14.7 Å². The molecular formula is C17H24N2O3. The van der Waals surface area contributed by atoms with Crippen LogP contribution in [0.5, 0.6) is 0 Å². The van der Waals surface area contributed by atoms with Crippen LogP contribution >= 0.6 is 0 Å². The molecule has 22 heavy (non-hydrogen) atoms. The Balaban J connectivity index is 1.72. The molecule has 0 bridgehead atoms. The molecule has 5 heteroatoms. The van der Waals surface area contributed by atoms with Crippen molar-refractivity contribution in [3.05, 3.63) is 35.4 Å². The molecule has 0 saturated carbocycles. The number of nitrogens with one attached hydrogen (secondary N) is 1. The Morgan fingerprint density at radius 1 is 1.27 bits per heavy atom. The topological polar surface area (TPSA) is 69.6 Å². The van der Waals surface area contributed by atoms with E-state index in [0.717, 1.165) is 24.0 Å². The Morgan fingerprint density at radius 3 is 2.59 bits per heavy atom. The first-order chi connectivity index (χ1) is 10.6. The third-order valence-electron chi connectivity index (χ3n) is 4.13. The third kappa shape index (κ3) is 4.31. The maximum absolute atomic E-state index is 12.1. The van der Waals surface area contributed by atoms with Crippen LogP contribution in [-0.4, -0.2) is 41.5 Å². The van der Waals surface area contributed by atoms with Crippen LogP contribution in [-0.2, 0) is 22.6 Å². The van der Waals surface area contributed by atoms with E-state index in [4.69, 9.17) is 5.11 Å². The van der Waals surface area contributed by atoms with Crippen LogP contribution in [0.1, 0.15) is 30.9 Å². The molecule has 5 nitrogen and oxygen atoms in total. The molecular weight excluding hydrogens is 280 g/mol. The monoisotopic (exact) mass is 304 g/mol. The molecule has 1 atom stereocenters. The van der Waals surface area contributed by atoms with Crippen molar-refractivity contribution in [1.29, 1.82) is 0 Å². The van der Waals surface area contributed by atoms with Gasteiger partial charge in [0.05, 0.1) is 12.5 Å². The zero-order chi connectivity index (χ0) is 15.9. The van der Waals surface area contributed by atoms with Crippen LogP contribution < -0.4 is 5.32 Å². The van der Waals surface area contributed by atoms with Crippen molar-refractivity contribution in [3.63, 3.8) is 0 Å². The fourth-order valence-electron chi connectivity index (χ4n) is 2.71. The lowest BCUT2D eigenvalue weighted by molar-refractivity contribution is -0.130. The second-order valence-electron chi connectivity index (χ2n) is 5.69. The summed E-state index contributed by atoms with van der Waals surface area (Å²) in [6.07, 6.45) is 2.02. The Hall–Kier alpha value is -1.88. The maximum Gasteiger partial charge on any atom is 0.224 e. The zero-order valence-electron chi connectivity index (χ0n) is 13.0. The van der Waals surface area contributed by atoms with Crippen LogP contribution in [0.15, 0.2) is 24.3 Å². The maximum atomic E-state index is 12.1. The Kier molecular flexibility index (Phi) is 5.95. The summed E-state index contributed by atoms with van der Waals surface area (Å²) >= 11 is 0. The molecule has 1 heterocycles. The molecule has 1 saturated heterocycles. The summed E-state index contributed by atoms with van der Waals surface area (Å²) < 4.78 is 0. The van der Waals surface area contributed by atoms with E-state index in [2.05, 4.69) is 5.32 Å². The Labute approximate surface area is 131 Å². The van der Waals surface area contributed by atoms with Gasteiger partial charge >= 0.3 is 0 Å². The summed E-state index contributed by atoms with van der Waals surface area (Å²) in [7, 11) is 0. The number of rotatable bonds is 6. The van der Waals surface area contributed by atoms with Crippen molar-refractivity contribution >= 4 is 11.8 Å². The number of carbonyl (C=O) groups is 2. The minimum Gasteiger partial charge on any atom is -0.392 e. The number of amides is 2. The average molecular weight is 304 g/mol. The summed E-state index contributed by atoms with van der Waals surface area (Å²) in [5.74, 6) is 0.0879. The Bertz CT molecular complexity index is 513. The van der Waals surface area contributed by atoms with E-state index in [1.165, 1.54) is 0 Å². The normalized spacial score (nSPS) is 17.5. The summed E-state index contributed by atoms with van der Waals surface area (Å²) in [6.45, 7) is 3.72. The molecule has 0 spiro atoms. The minimum absolute atomic E-state index is 0.0402. The van der Waals surface area contributed by atoms with Gasteiger partial charge in [-0.15, -0.1) is 0 Å². The van der Waals surface area contributed by atoms with Crippen molar-refractivity contribution in [1.82, 2.24) is 10.2 Å². The number of hydrogen-bond donors (Lipinski definition) is 2. The van der Waals surface area contributed by atoms with E-state index in [9.17, 15) is 9.59 Å². The second kappa shape index (κ2) is 7.94. The smallest absolute Gasteiger partial charge is 0.224 e. The molecule has 1 aliphatic heterocycles. The highest BCUT2D eigenvalue weighted by Crippen LogP contribution is 2.17. The second-order valence-corrected chi connectivity index (χ2v) is 5.69. The van der Waals surface area contributed by atoms with Gasteiger partial charge < -0.3 is 15.3 Å². The first kappa shape index (κ1) is 16.5. The zero-order valence-corrected chi connectivity index (χ0v) is 13.0. The average Bonchev–Trinajstić information content (AvgIpc) is 3.04. The van der Waals surface area contributed by atoms with Crippen molar-refractivity contribution in [2.75, 3.05) is 19.6 Å². The predicted octanol–water partition coefficient (Wildman–Crippen LogP) is 1.10. The highest BCUT2D eigenvalue weighted by molar-refractivity contribution is 5.82. The van der Waals surface area contributed by atoms with Gasteiger partial charge in [-0.1, -0.05) is 31.2 Å². The van der Waals surface area contributed by atoms with Crippen molar-refractivity contribution in [2.24, 2.45) is 5.92 Å². The Morgan fingerprint density at radius 2 is 1.95 bits per heavy atom. The molecule has 0 aliphatic carbocycles. The van der Waals surface area contributed by atoms with Gasteiger partial charge in [-0.05, 0) is 24.0 Å². The molecule has 1 aromatic carbocycles. The number of carbonyl (C=O) groups excluding carboxylic acids is 2. The van der Waals surface area contributed by atoms with Gasteiger partial charge in [0.2, 0.25) is 11.8 Å². The van der Waals surface area contributed by atoms with Crippen LogP contribution in [0.3, 0.4) is 0 Å². The lowest BCUT2D eigenvalue weighted by Crippen LogP contribution is -2.35. The van der Waals surface area contributed by atoms with Gasteiger partial charge in [-0.2, -0.15) is 0 Å². The standard InChI is InChI=1S/C17H24N2O3/c1-2-16(21)19-10-8-15(11-19)17(22)18-9-7-13-3-5-14(12-20)6-4-13/h3-6,15,20H,2,7-12H2,1H3,(H,18,22). The summed E-state index contributed by atoms with van der Waals surface area (Å²) in [4.78, 5) is 25.5. The highest BCUT2D eigenvalue weighted by Gasteiger charge is 2.29. The van der Waals surface area contributed by atoms with Crippen LogP contribution in [0.4, 0.5) is 0 Å². The van der Waals surface area contributed by atoms with Gasteiger partial charge in [0, 0.05) is 26.1 Å². The number of nitrogens with zero attached hydrogens (tertiary/aromatic N) is 1. The van der Waals surface area contributed by atoms with Gasteiger partial charge in [-0.25, -0.2) is 0 Å². The molecule has 1 aromatic rings. The first-order valence-electron chi connectivity index (χ1n) is 7.88.